The zero-order valence-corrected chi connectivity index (χ0v) is 10.4. The van der Waals surface area contributed by atoms with E-state index in [9.17, 15) is 9.18 Å². The SMILES string of the molecule is CC(C)(C)c1ccc(C2(OC=O)CC2)cc1F. The second-order valence-corrected chi connectivity index (χ2v) is 5.65. The van der Waals surface area contributed by atoms with Crippen molar-refractivity contribution in [3.8, 4) is 0 Å². The molecule has 17 heavy (non-hydrogen) atoms. The number of hydrogen-bond donors (Lipinski definition) is 0. The molecule has 2 rings (SSSR count). The number of carbonyl (C=O) groups excluding carboxylic acids is 1. The third-order valence-electron chi connectivity index (χ3n) is 3.28. The first-order valence-corrected chi connectivity index (χ1v) is 5.81. The van der Waals surface area contributed by atoms with Crippen LogP contribution in [0.1, 0.15) is 44.7 Å². The topological polar surface area (TPSA) is 26.3 Å². The zero-order chi connectivity index (χ0) is 12.7. The zero-order valence-electron chi connectivity index (χ0n) is 10.4. The van der Waals surface area contributed by atoms with Crippen molar-refractivity contribution in [1.82, 2.24) is 0 Å². The van der Waals surface area contributed by atoms with Crippen molar-refractivity contribution in [3.05, 3.63) is 35.1 Å². The smallest absolute Gasteiger partial charge is 0.293 e. The largest absolute Gasteiger partial charge is 0.456 e. The van der Waals surface area contributed by atoms with E-state index in [4.69, 9.17) is 4.74 Å². The van der Waals surface area contributed by atoms with E-state index in [2.05, 4.69) is 0 Å². The highest BCUT2D eigenvalue weighted by Crippen LogP contribution is 2.49. The van der Waals surface area contributed by atoms with E-state index in [0.29, 0.717) is 12.0 Å². The van der Waals surface area contributed by atoms with Crippen molar-refractivity contribution < 1.29 is 13.9 Å². The van der Waals surface area contributed by atoms with Crippen molar-refractivity contribution in [1.29, 1.82) is 0 Å². The Morgan fingerprint density at radius 1 is 1.35 bits per heavy atom. The average molecular weight is 236 g/mol. The predicted octanol–water partition coefficient (Wildman–Crippen LogP) is 3.29. The van der Waals surface area contributed by atoms with Crippen LogP contribution < -0.4 is 0 Å². The number of rotatable bonds is 3. The third kappa shape index (κ3) is 2.19. The Morgan fingerprint density at radius 2 is 2.00 bits per heavy atom. The molecule has 0 unspecified atom stereocenters. The van der Waals surface area contributed by atoms with Crippen LogP contribution in [0.2, 0.25) is 0 Å². The lowest BCUT2D eigenvalue weighted by Crippen LogP contribution is -2.16. The Balaban J connectivity index is 2.35. The molecule has 0 bridgehead atoms. The van der Waals surface area contributed by atoms with E-state index in [1.54, 1.807) is 6.07 Å². The van der Waals surface area contributed by atoms with Gasteiger partial charge in [-0.2, -0.15) is 0 Å². The lowest BCUT2D eigenvalue weighted by atomic mass is 9.85. The molecule has 0 N–H and O–H groups in total. The van der Waals surface area contributed by atoms with E-state index >= 15 is 0 Å². The standard InChI is InChI=1S/C14H17FO2/c1-13(2,3)11-5-4-10(8-12(11)15)14(6-7-14)17-9-16/h4-5,8-9H,6-7H2,1-3H3. The van der Waals surface area contributed by atoms with Gasteiger partial charge in [-0.3, -0.25) is 4.79 Å². The summed E-state index contributed by atoms with van der Waals surface area (Å²) in [6, 6.07) is 5.15. The molecule has 1 aromatic rings. The van der Waals surface area contributed by atoms with Gasteiger partial charge in [0.15, 0.2) is 0 Å². The van der Waals surface area contributed by atoms with Crippen molar-refractivity contribution in [2.45, 2.75) is 44.6 Å². The molecule has 0 heterocycles. The van der Waals surface area contributed by atoms with Gasteiger partial charge in [-0.25, -0.2) is 4.39 Å². The molecule has 1 saturated carbocycles. The van der Waals surface area contributed by atoms with Gasteiger partial charge in [0.25, 0.3) is 6.47 Å². The van der Waals surface area contributed by atoms with E-state index < -0.39 is 5.60 Å². The molecule has 1 aliphatic rings. The Hall–Kier alpha value is -1.38. The lowest BCUT2D eigenvalue weighted by molar-refractivity contribution is -0.136. The fourth-order valence-corrected chi connectivity index (χ4v) is 2.09. The van der Waals surface area contributed by atoms with Gasteiger partial charge >= 0.3 is 0 Å². The van der Waals surface area contributed by atoms with Crippen LogP contribution >= 0.6 is 0 Å². The second-order valence-electron chi connectivity index (χ2n) is 5.65. The van der Waals surface area contributed by atoms with E-state index in [1.807, 2.05) is 26.8 Å². The first kappa shape index (κ1) is 12.1. The highest BCUT2D eigenvalue weighted by atomic mass is 19.1. The predicted molar refractivity (Wildman–Crippen MR) is 63.2 cm³/mol. The minimum atomic E-state index is -0.557. The molecule has 1 aromatic carbocycles. The van der Waals surface area contributed by atoms with Gasteiger partial charge in [0.1, 0.15) is 11.4 Å². The Morgan fingerprint density at radius 3 is 2.41 bits per heavy atom. The molecule has 1 aliphatic carbocycles. The van der Waals surface area contributed by atoms with Crippen LogP contribution in [0.25, 0.3) is 0 Å². The first-order chi connectivity index (χ1) is 7.89. The monoisotopic (exact) mass is 236 g/mol. The quantitative estimate of drug-likeness (QED) is 0.753. The van der Waals surface area contributed by atoms with Gasteiger partial charge in [0.05, 0.1) is 0 Å². The average Bonchev–Trinajstić information content (AvgIpc) is 2.97. The maximum atomic E-state index is 14.0. The molecule has 0 saturated heterocycles. The Kier molecular flexibility index (Phi) is 2.72. The number of ether oxygens (including phenoxy) is 1. The highest BCUT2D eigenvalue weighted by Gasteiger charge is 2.47. The van der Waals surface area contributed by atoms with Gasteiger partial charge in [-0.15, -0.1) is 0 Å². The summed E-state index contributed by atoms with van der Waals surface area (Å²) in [5.74, 6) is -0.226. The summed E-state index contributed by atoms with van der Waals surface area (Å²) in [6.07, 6.45) is 1.56. The fraction of sp³-hybridized carbons (Fsp3) is 0.500. The summed E-state index contributed by atoms with van der Waals surface area (Å²) < 4.78 is 19.1. The van der Waals surface area contributed by atoms with Crippen LogP contribution in [0.3, 0.4) is 0 Å². The fourth-order valence-electron chi connectivity index (χ4n) is 2.09. The summed E-state index contributed by atoms with van der Waals surface area (Å²) in [6.45, 7) is 6.36. The minimum Gasteiger partial charge on any atom is -0.456 e. The van der Waals surface area contributed by atoms with E-state index in [-0.39, 0.29) is 11.2 Å². The van der Waals surface area contributed by atoms with E-state index in [1.165, 1.54) is 6.07 Å². The van der Waals surface area contributed by atoms with Crippen LogP contribution in [0.5, 0.6) is 0 Å². The van der Waals surface area contributed by atoms with Crippen LogP contribution in [-0.2, 0) is 20.5 Å². The summed E-state index contributed by atoms with van der Waals surface area (Å²) in [7, 11) is 0. The Labute approximate surface area is 101 Å². The molecular weight excluding hydrogens is 219 g/mol. The van der Waals surface area contributed by atoms with E-state index in [0.717, 1.165) is 18.4 Å². The van der Waals surface area contributed by atoms with Crippen LogP contribution in [0, 0.1) is 5.82 Å². The molecule has 3 heteroatoms. The van der Waals surface area contributed by atoms with Gasteiger partial charge in [-0.1, -0.05) is 32.9 Å². The molecule has 1 fully saturated rings. The normalized spacial score (nSPS) is 17.6. The van der Waals surface area contributed by atoms with Crippen LogP contribution in [0.15, 0.2) is 18.2 Å². The molecular formula is C14H17FO2. The summed E-state index contributed by atoms with van der Waals surface area (Å²) in [5.41, 5.74) is 0.669. The third-order valence-corrected chi connectivity index (χ3v) is 3.28. The number of halogens is 1. The first-order valence-electron chi connectivity index (χ1n) is 5.81. The Bertz CT molecular complexity index is 442. The molecule has 0 aliphatic heterocycles. The van der Waals surface area contributed by atoms with Crippen LogP contribution in [0.4, 0.5) is 4.39 Å². The molecule has 0 radical (unpaired) electrons. The van der Waals surface area contributed by atoms with Crippen molar-refractivity contribution in [3.63, 3.8) is 0 Å². The molecule has 0 aromatic heterocycles. The number of carbonyl (C=O) groups is 1. The van der Waals surface area contributed by atoms with Gasteiger partial charge < -0.3 is 4.74 Å². The highest BCUT2D eigenvalue weighted by molar-refractivity contribution is 5.43. The van der Waals surface area contributed by atoms with Crippen molar-refractivity contribution >= 4 is 6.47 Å². The number of benzene rings is 1. The van der Waals surface area contributed by atoms with Gasteiger partial charge in [0, 0.05) is 0 Å². The number of hydrogen-bond acceptors (Lipinski definition) is 2. The van der Waals surface area contributed by atoms with Crippen LogP contribution in [-0.4, -0.2) is 6.47 Å². The maximum Gasteiger partial charge on any atom is 0.293 e. The maximum absolute atomic E-state index is 14.0. The summed E-state index contributed by atoms with van der Waals surface area (Å²) in [5, 5.41) is 0. The molecule has 92 valence electrons. The molecule has 2 nitrogen and oxygen atoms in total. The second kappa shape index (κ2) is 3.83. The molecule has 0 atom stereocenters. The van der Waals surface area contributed by atoms with Gasteiger partial charge in [0.2, 0.25) is 0 Å². The molecule has 0 amide bonds. The lowest BCUT2D eigenvalue weighted by Gasteiger charge is -2.21. The minimum absolute atomic E-state index is 0.217. The summed E-state index contributed by atoms with van der Waals surface area (Å²) in [4.78, 5) is 10.4. The summed E-state index contributed by atoms with van der Waals surface area (Å²) >= 11 is 0. The van der Waals surface area contributed by atoms with Gasteiger partial charge in [-0.05, 0) is 35.4 Å². The van der Waals surface area contributed by atoms with Crippen molar-refractivity contribution in [2.75, 3.05) is 0 Å². The van der Waals surface area contributed by atoms with Crippen molar-refractivity contribution in [2.24, 2.45) is 0 Å². The molecule has 0 spiro atoms.